The molecule has 0 spiro atoms. The van der Waals surface area contributed by atoms with Crippen LogP contribution < -0.4 is 9.64 Å². The predicted octanol–water partition coefficient (Wildman–Crippen LogP) is 5.85. The first-order chi connectivity index (χ1) is 16.6. The Kier molecular flexibility index (Phi) is 9.73. The van der Waals surface area contributed by atoms with Gasteiger partial charge in [0.15, 0.2) is 15.6 Å². The lowest BCUT2D eigenvalue weighted by Gasteiger charge is -2.29. The summed E-state index contributed by atoms with van der Waals surface area (Å²) in [5.41, 5.74) is 2.27. The van der Waals surface area contributed by atoms with E-state index in [1.807, 2.05) is 43.3 Å². The zero-order chi connectivity index (χ0) is 25.6. The Morgan fingerprint density at radius 3 is 2.26 bits per heavy atom. The lowest BCUT2D eigenvalue weighted by atomic mass is 10.1. The van der Waals surface area contributed by atoms with Gasteiger partial charge in [-0.3, -0.25) is 4.79 Å². The summed E-state index contributed by atoms with van der Waals surface area (Å²) in [5.74, 6) is 0.0974. The van der Waals surface area contributed by atoms with Crippen molar-refractivity contribution >= 4 is 44.6 Å². The molecule has 1 saturated heterocycles. The number of anilines is 1. The highest BCUT2D eigenvalue weighted by molar-refractivity contribution is 7.91. The number of unbranched alkanes of at least 4 members (excludes halogenated alkanes) is 3. The van der Waals surface area contributed by atoms with Crippen molar-refractivity contribution in [3.05, 3.63) is 57.6 Å². The summed E-state index contributed by atoms with van der Waals surface area (Å²) >= 11 is 12.9. The Hall–Kier alpha value is -1.96. The SMILES string of the molecule is CCCCCCOc1c(Cl)cc(C(=O)N(Cc2ccc(N(C)C)cc2)C2CCS(=O)(=O)C2)cc1Cl. The van der Waals surface area contributed by atoms with Gasteiger partial charge in [-0.25, -0.2) is 8.42 Å². The average Bonchev–Trinajstić information content (AvgIpc) is 3.17. The van der Waals surface area contributed by atoms with Crippen molar-refractivity contribution < 1.29 is 17.9 Å². The van der Waals surface area contributed by atoms with E-state index in [1.165, 1.54) is 0 Å². The van der Waals surface area contributed by atoms with Crippen molar-refractivity contribution in [3.63, 3.8) is 0 Å². The lowest BCUT2D eigenvalue weighted by molar-refractivity contribution is 0.0681. The zero-order valence-corrected chi connectivity index (χ0v) is 22.9. The van der Waals surface area contributed by atoms with E-state index < -0.39 is 15.9 Å². The molecule has 1 heterocycles. The number of hydrogen-bond donors (Lipinski definition) is 0. The fourth-order valence-electron chi connectivity index (χ4n) is 4.17. The number of ether oxygens (including phenoxy) is 1. The second kappa shape index (κ2) is 12.3. The fourth-order valence-corrected chi connectivity index (χ4v) is 6.50. The van der Waals surface area contributed by atoms with Crippen LogP contribution >= 0.6 is 23.2 Å². The third-order valence-corrected chi connectivity index (χ3v) is 8.52. The van der Waals surface area contributed by atoms with Crippen molar-refractivity contribution in [1.82, 2.24) is 4.90 Å². The van der Waals surface area contributed by atoms with Gasteiger partial charge in [0.2, 0.25) is 0 Å². The van der Waals surface area contributed by atoms with Crippen LogP contribution in [0, 0.1) is 0 Å². The second-order valence-electron chi connectivity index (χ2n) is 9.23. The molecule has 3 rings (SSSR count). The summed E-state index contributed by atoms with van der Waals surface area (Å²) < 4.78 is 30.2. The van der Waals surface area contributed by atoms with Gasteiger partial charge in [0.25, 0.3) is 5.91 Å². The molecule has 0 radical (unpaired) electrons. The van der Waals surface area contributed by atoms with Gasteiger partial charge in [-0.2, -0.15) is 0 Å². The molecule has 0 aromatic heterocycles. The normalized spacial score (nSPS) is 16.8. The van der Waals surface area contributed by atoms with Gasteiger partial charge in [0.05, 0.1) is 28.2 Å². The molecule has 0 N–H and O–H groups in total. The van der Waals surface area contributed by atoms with Crippen LogP contribution in [-0.2, 0) is 16.4 Å². The summed E-state index contributed by atoms with van der Waals surface area (Å²) in [4.78, 5) is 17.3. The summed E-state index contributed by atoms with van der Waals surface area (Å²) in [5, 5.41) is 0.538. The number of carbonyl (C=O) groups excluding carboxylic acids is 1. The Balaban J connectivity index is 1.82. The van der Waals surface area contributed by atoms with Crippen molar-refractivity contribution in [1.29, 1.82) is 0 Å². The van der Waals surface area contributed by atoms with E-state index in [-0.39, 0.29) is 34.0 Å². The van der Waals surface area contributed by atoms with E-state index in [2.05, 4.69) is 6.92 Å². The van der Waals surface area contributed by atoms with Crippen LogP contribution in [-0.4, -0.2) is 57.5 Å². The molecule has 1 amide bonds. The van der Waals surface area contributed by atoms with Crippen LogP contribution in [0.25, 0.3) is 0 Å². The predicted molar refractivity (Wildman–Crippen MR) is 144 cm³/mol. The minimum atomic E-state index is -3.18. The number of amides is 1. The average molecular weight is 542 g/mol. The summed E-state index contributed by atoms with van der Waals surface area (Å²) in [6.07, 6.45) is 4.65. The highest BCUT2D eigenvalue weighted by Gasteiger charge is 2.35. The third kappa shape index (κ3) is 7.51. The van der Waals surface area contributed by atoms with Gasteiger partial charge in [-0.15, -0.1) is 0 Å². The van der Waals surface area contributed by atoms with Crippen LogP contribution in [0.15, 0.2) is 36.4 Å². The van der Waals surface area contributed by atoms with Gasteiger partial charge in [0, 0.05) is 37.9 Å². The number of hydrogen-bond acceptors (Lipinski definition) is 5. The second-order valence-corrected chi connectivity index (χ2v) is 12.3. The Bertz CT molecular complexity index is 1100. The van der Waals surface area contributed by atoms with Gasteiger partial charge in [0.1, 0.15) is 0 Å². The topological polar surface area (TPSA) is 66.9 Å². The van der Waals surface area contributed by atoms with E-state index in [4.69, 9.17) is 27.9 Å². The summed E-state index contributed by atoms with van der Waals surface area (Å²) in [6.45, 7) is 2.94. The maximum Gasteiger partial charge on any atom is 0.254 e. The van der Waals surface area contributed by atoms with Gasteiger partial charge >= 0.3 is 0 Å². The van der Waals surface area contributed by atoms with Crippen LogP contribution in [0.5, 0.6) is 5.75 Å². The summed E-state index contributed by atoms with van der Waals surface area (Å²) in [6, 6.07) is 10.6. The molecule has 1 fully saturated rings. The van der Waals surface area contributed by atoms with Gasteiger partial charge in [-0.05, 0) is 42.7 Å². The molecule has 1 atom stereocenters. The molecule has 9 heteroatoms. The van der Waals surface area contributed by atoms with Crippen molar-refractivity contribution in [3.8, 4) is 5.75 Å². The number of nitrogens with zero attached hydrogens (tertiary/aromatic N) is 2. The smallest absolute Gasteiger partial charge is 0.254 e. The van der Waals surface area contributed by atoms with Crippen LogP contribution in [0.4, 0.5) is 5.69 Å². The molecule has 6 nitrogen and oxygen atoms in total. The van der Waals surface area contributed by atoms with Crippen molar-refractivity contribution in [2.24, 2.45) is 0 Å². The number of benzene rings is 2. The maximum atomic E-state index is 13.6. The highest BCUT2D eigenvalue weighted by atomic mass is 35.5. The molecule has 0 bridgehead atoms. The first-order valence-electron chi connectivity index (χ1n) is 12.0. The molecule has 1 unspecified atom stereocenters. The van der Waals surface area contributed by atoms with E-state index in [9.17, 15) is 13.2 Å². The molecule has 192 valence electrons. The molecule has 2 aromatic rings. The highest BCUT2D eigenvalue weighted by Crippen LogP contribution is 2.35. The zero-order valence-electron chi connectivity index (χ0n) is 20.6. The molecule has 2 aromatic carbocycles. The van der Waals surface area contributed by atoms with E-state index in [0.717, 1.165) is 36.9 Å². The Labute approximate surface area is 219 Å². The Morgan fingerprint density at radius 2 is 1.71 bits per heavy atom. The molecule has 1 aliphatic heterocycles. The monoisotopic (exact) mass is 540 g/mol. The van der Waals surface area contributed by atoms with E-state index in [0.29, 0.717) is 24.3 Å². The number of sulfone groups is 1. The molecule has 35 heavy (non-hydrogen) atoms. The quantitative estimate of drug-likeness (QED) is 0.334. The first-order valence-corrected chi connectivity index (χ1v) is 14.6. The van der Waals surface area contributed by atoms with E-state index >= 15 is 0 Å². The molecule has 1 aliphatic rings. The Morgan fingerprint density at radius 1 is 1.06 bits per heavy atom. The fraction of sp³-hybridized carbons (Fsp3) is 0.500. The number of carbonyl (C=O) groups is 1. The number of halogens is 2. The maximum absolute atomic E-state index is 13.6. The first kappa shape index (κ1) is 27.6. The van der Waals surface area contributed by atoms with Crippen molar-refractivity contribution in [2.45, 2.75) is 51.6 Å². The van der Waals surface area contributed by atoms with Crippen LogP contribution in [0.2, 0.25) is 10.0 Å². The standard InChI is InChI=1S/C26H34Cl2N2O4S/c1-4-5-6-7-13-34-25-23(27)15-20(16-24(25)28)26(31)30(22-12-14-35(32,33)18-22)17-19-8-10-21(11-9-19)29(2)3/h8-11,15-16,22H,4-7,12-14,17-18H2,1-3H3. The largest absolute Gasteiger partial charge is 0.490 e. The number of rotatable bonds is 11. The van der Waals surface area contributed by atoms with Crippen molar-refractivity contribution in [2.75, 3.05) is 37.1 Å². The molecule has 0 saturated carbocycles. The minimum Gasteiger partial charge on any atom is -0.490 e. The van der Waals surface area contributed by atoms with Crippen LogP contribution in [0.1, 0.15) is 54.9 Å². The van der Waals surface area contributed by atoms with Crippen LogP contribution in [0.3, 0.4) is 0 Å². The molecular formula is C26H34Cl2N2O4S. The van der Waals surface area contributed by atoms with E-state index in [1.54, 1.807) is 17.0 Å². The van der Waals surface area contributed by atoms with Gasteiger partial charge in [-0.1, -0.05) is 61.5 Å². The third-order valence-electron chi connectivity index (χ3n) is 6.21. The summed E-state index contributed by atoms with van der Waals surface area (Å²) in [7, 11) is 0.738. The molecular weight excluding hydrogens is 507 g/mol. The minimum absolute atomic E-state index is 0.0467. The lowest BCUT2D eigenvalue weighted by Crippen LogP contribution is -2.40. The molecule has 0 aliphatic carbocycles. The van der Waals surface area contributed by atoms with Gasteiger partial charge < -0.3 is 14.5 Å².